The molecule has 0 aliphatic heterocycles. The molecule has 3 nitrogen and oxygen atoms in total. The first kappa shape index (κ1) is 14.9. The van der Waals surface area contributed by atoms with E-state index in [-0.39, 0.29) is 5.91 Å². The average Bonchev–Trinajstić information content (AvgIpc) is 2.42. The molecule has 0 heterocycles. The van der Waals surface area contributed by atoms with Gasteiger partial charge in [0, 0.05) is 32.9 Å². The quantitative estimate of drug-likeness (QED) is 0.628. The van der Waals surface area contributed by atoms with Crippen LogP contribution < -0.4 is 11.1 Å². The minimum Gasteiger partial charge on any atom is -0.398 e. The fourth-order valence-electron chi connectivity index (χ4n) is 1.65. The molecular weight excluding hydrogens is 336 g/mol. The van der Waals surface area contributed by atoms with Gasteiger partial charge in [0.15, 0.2) is 0 Å². The Bertz CT molecular complexity index is 590. The zero-order valence-corrected chi connectivity index (χ0v) is 13.2. The van der Waals surface area contributed by atoms with Gasteiger partial charge in [0.1, 0.15) is 0 Å². The second kappa shape index (κ2) is 7.36. The number of carbonyl (C=O) groups is 1. The molecule has 0 bridgehead atoms. The SMILES string of the molecule is Nc1cc(Br)ccc1SCCC(=O)Nc1ccccc1. The van der Waals surface area contributed by atoms with E-state index in [9.17, 15) is 4.79 Å². The molecule has 0 atom stereocenters. The van der Waals surface area contributed by atoms with E-state index in [0.29, 0.717) is 12.2 Å². The molecule has 1 amide bonds. The Hall–Kier alpha value is -1.46. The molecule has 0 aliphatic carbocycles. The molecular formula is C15H15BrN2OS. The van der Waals surface area contributed by atoms with Crippen molar-refractivity contribution >= 4 is 45.0 Å². The summed E-state index contributed by atoms with van der Waals surface area (Å²) in [6.07, 6.45) is 0.453. The van der Waals surface area contributed by atoms with Gasteiger partial charge in [-0.05, 0) is 30.3 Å². The number of nitrogens with one attached hydrogen (secondary N) is 1. The lowest BCUT2D eigenvalue weighted by Crippen LogP contribution is -2.11. The van der Waals surface area contributed by atoms with E-state index >= 15 is 0 Å². The zero-order chi connectivity index (χ0) is 14.4. The molecule has 0 aliphatic rings. The number of hydrogen-bond acceptors (Lipinski definition) is 3. The van der Waals surface area contributed by atoms with Crippen LogP contribution in [-0.2, 0) is 4.79 Å². The van der Waals surface area contributed by atoms with Crippen LogP contribution in [0.2, 0.25) is 0 Å². The highest BCUT2D eigenvalue weighted by Gasteiger charge is 2.05. The van der Waals surface area contributed by atoms with Crippen LogP contribution in [0.4, 0.5) is 11.4 Å². The van der Waals surface area contributed by atoms with Crippen molar-refractivity contribution < 1.29 is 4.79 Å². The highest BCUT2D eigenvalue weighted by Crippen LogP contribution is 2.28. The standard InChI is InChI=1S/C15H15BrN2OS/c16-11-6-7-14(13(17)10-11)20-9-8-15(19)18-12-4-2-1-3-5-12/h1-7,10H,8-9,17H2,(H,18,19). The molecule has 0 unspecified atom stereocenters. The second-order valence-corrected chi connectivity index (χ2v) is 6.25. The van der Waals surface area contributed by atoms with Crippen LogP contribution in [0.3, 0.4) is 0 Å². The number of nitrogen functional groups attached to an aromatic ring is 1. The molecule has 20 heavy (non-hydrogen) atoms. The van der Waals surface area contributed by atoms with Gasteiger partial charge >= 0.3 is 0 Å². The van der Waals surface area contributed by atoms with E-state index in [1.54, 1.807) is 11.8 Å². The minimum absolute atomic E-state index is 0.0133. The van der Waals surface area contributed by atoms with Gasteiger partial charge in [-0.3, -0.25) is 4.79 Å². The Kier molecular flexibility index (Phi) is 5.49. The van der Waals surface area contributed by atoms with E-state index < -0.39 is 0 Å². The number of para-hydroxylation sites is 1. The van der Waals surface area contributed by atoms with Gasteiger partial charge in [0.05, 0.1) is 0 Å². The third-order valence-corrected chi connectivity index (χ3v) is 4.20. The van der Waals surface area contributed by atoms with E-state index in [0.717, 1.165) is 20.7 Å². The van der Waals surface area contributed by atoms with Gasteiger partial charge < -0.3 is 11.1 Å². The Labute approximate surface area is 131 Å². The Morgan fingerprint density at radius 3 is 2.65 bits per heavy atom. The number of carbonyl (C=O) groups excluding carboxylic acids is 1. The van der Waals surface area contributed by atoms with Crippen molar-refractivity contribution in [2.45, 2.75) is 11.3 Å². The van der Waals surface area contributed by atoms with Gasteiger partial charge in [0.25, 0.3) is 0 Å². The van der Waals surface area contributed by atoms with E-state index in [2.05, 4.69) is 21.2 Å². The van der Waals surface area contributed by atoms with Crippen LogP contribution in [0.1, 0.15) is 6.42 Å². The highest BCUT2D eigenvalue weighted by molar-refractivity contribution is 9.10. The van der Waals surface area contributed by atoms with E-state index in [4.69, 9.17) is 5.73 Å². The topological polar surface area (TPSA) is 55.1 Å². The number of benzene rings is 2. The molecule has 0 spiro atoms. The van der Waals surface area contributed by atoms with Gasteiger partial charge in [-0.15, -0.1) is 11.8 Å². The van der Waals surface area contributed by atoms with Crippen molar-refractivity contribution in [2.24, 2.45) is 0 Å². The smallest absolute Gasteiger partial charge is 0.225 e. The number of hydrogen-bond donors (Lipinski definition) is 2. The van der Waals surface area contributed by atoms with Crippen LogP contribution in [0.25, 0.3) is 0 Å². The fraction of sp³-hybridized carbons (Fsp3) is 0.133. The fourth-order valence-corrected chi connectivity index (χ4v) is 2.93. The molecule has 3 N–H and O–H groups in total. The van der Waals surface area contributed by atoms with Crippen molar-refractivity contribution in [2.75, 3.05) is 16.8 Å². The zero-order valence-electron chi connectivity index (χ0n) is 10.8. The summed E-state index contributed by atoms with van der Waals surface area (Å²) in [5.74, 6) is 0.712. The first-order chi connectivity index (χ1) is 9.65. The lowest BCUT2D eigenvalue weighted by atomic mass is 10.3. The Morgan fingerprint density at radius 1 is 1.20 bits per heavy atom. The molecule has 0 aromatic heterocycles. The molecule has 0 saturated carbocycles. The molecule has 104 valence electrons. The predicted molar refractivity (Wildman–Crippen MR) is 89.0 cm³/mol. The van der Waals surface area contributed by atoms with Crippen LogP contribution in [-0.4, -0.2) is 11.7 Å². The highest BCUT2D eigenvalue weighted by atomic mass is 79.9. The monoisotopic (exact) mass is 350 g/mol. The van der Waals surface area contributed by atoms with Gasteiger partial charge in [-0.25, -0.2) is 0 Å². The van der Waals surface area contributed by atoms with Crippen LogP contribution in [0.5, 0.6) is 0 Å². The molecule has 2 aromatic carbocycles. The van der Waals surface area contributed by atoms with Crippen LogP contribution in [0.15, 0.2) is 57.9 Å². The van der Waals surface area contributed by atoms with Crippen molar-refractivity contribution in [3.63, 3.8) is 0 Å². The summed E-state index contributed by atoms with van der Waals surface area (Å²) in [7, 11) is 0. The Morgan fingerprint density at radius 2 is 1.95 bits per heavy atom. The normalized spacial score (nSPS) is 10.2. The lowest BCUT2D eigenvalue weighted by molar-refractivity contribution is -0.115. The van der Waals surface area contributed by atoms with Crippen molar-refractivity contribution in [3.8, 4) is 0 Å². The second-order valence-electron chi connectivity index (χ2n) is 4.19. The number of amides is 1. The summed E-state index contributed by atoms with van der Waals surface area (Å²) < 4.78 is 0.959. The predicted octanol–water partition coefficient (Wildman–Crippen LogP) is 4.15. The summed E-state index contributed by atoms with van der Waals surface area (Å²) in [6, 6.07) is 15.2. The first-order valence-electron chi connectivity index (χ1n) is 6.18. The maximum absolute atomic E-state index is 11.8. The van der Waals surface area contributed by atoms with Gasteiger partial charge in [-0.1, -0.05) is 34.1 Å². The third kappa shape index (κ3) is 4.58. The number of nitrogens with two attached hydrogens (primary N) is 1. The van der Waals surface area contributed by atoms with Crippen molar-refractivity contribution in [1.29, 1.82) is 0 Å². The minimum atomic E-state index is 0.0133. The van der Waals surface area contributed by atoms with Crippen LogP contribution in [0, 0.1) is 0 Å². The lowest BCUT2D eigenvalue weighted by Gasteiger charge is -2.07. The van der Waals surface area contributed by atoms with E-state index in [1.165, 1.54) is 0 Å². The summed E-state index contributed by atoms with van der Waals surface area (Å²) in [6.45, 7) is 0. The largest absolute Gasteiger partial charge is 0.398 e. The number of thioether (sulfide) groups is 1. The molecule has 0 fully saturated rings. The maximum atomic E-state index is 11.8. The summed E-state index contributed by atoms with van der Waals surface area (Å²) in [4.78, 5) is 12.8. The number of anilines is 2. The van der Waals surface area contributed by atoms with Gasteiger partial charge in [-0.2, -0.15) is 0 Å². The molecule has 0 saturated heterocycles. The summed E-state index contributed by atoms with van der Waals surface area (Å²) >= 11 is 4.96. The summed E-state index contributed by atoms with van der Waals surface area (Å²) in [5, 5.41) is 2.86. The van der Waals surface area contributed by atoms with E-state index in [1.807, 2.05) is 48.5 Å². The molecule has 2 aromatic rings. The molecule has 2 rings (SSSR count). The van der Waals surface area contributed by atoms with Crippen LogP contribution >= 0.6 is 27.7 Å². The van der Waals surface area contributed by atoms with Gasteiger partial charge in [0.2, 0.25) is 5.91 Å². The maximum Gasteiger partial charge on any atom is 0.225 e. The summed E-state index contributed by atoms with van der Waals surface area (Å²) in [5.41, 5.74) is 7.46. The molecule has 0 radical (unpaired) electrons. The number of halogens is 1. The number of rotatable bonds is 5. The average molecular weight is 351 g/mol. The van der Waals surface area contributed by atoms with Crippen molar-refractivity contribution in [3.05, 3.63) is 53.0 Å². The first-order valence-corrected chi connectivity index (χ1v) is 7.96. The molecule has 5 heteroatoms. The van der Waals surface area contributed by atoms with Crippen molar-refractivity contribution in [1.82, 2.24) is 0 Å². The third-order valence-electron chi connectivity index (χ3n) is 2.62. The Balaban J connectivity index is 1.79.